The highest BCUT2D eigenvalue weighted by Gasteiger charge is 2.34. The first-order chi connectivity index (χ1) is 11.0. The maximum absolute atomic E-state index is 12.8. The Bertz CT molecular complexity index is 755. The molecular weight excluding hydrogens is 298 g/mol. The molecule has 23 heavy (non-hydrogen) atoms. The van der Waals surface area contributed by atoms with E-state index >= 15 is 0 Å². The molecule has 1 N–H and O–H groups in total. The average molecular weight is 319 g/mol. The molecule has 1 unspecified atom stereocenters. The zero-order chi connectivity index (χ0) is 16.6. The second-order valence-corrected chi connectivity index (χ2v) is 6.12. The molecule has 1 atom stereocenters. The minimum atomic E-state index is -0.621. The minimum Gasteiger partial charge on any atom is -0.334 e. The molecule has 8 heteroatoms. The summed E-state index contributed by atoms with van der Waals surface area (Å²) < 4.78 is 6.44. The van der Waals surface area contributed by atoms with E-state index < -0.39 is 5.76 Å². The monoisotopic (exact) mass is 319 g/mol. The van der Waals surface area contributed by atoms with Gasteiger partial charge in [-0.05, 0) is 26.2 Å². The highest BCUT2D eigenvalue weighted by Crippen LogP contribution is 2.43. The Morgan fingerprint density at radius 2 is 2.30 bits per heavy atom. The molecule has 0 bridgehead atoms. The van der Waals surface area contributed by atoms with Crippen LogP contribution in [0.1, 0.15) is 66.9 Å². The predicted molar refractivity (Wildman–Crippen MR) is 82.1 cm³/mol. The van der Waals surface area contributed by atoms with Crippen LogP contribution in [0, 0.1) is 0 Å². The van der Waals surface area contributed by atoms with Crippen molar-refractivity contribution in [1.82, 2.24) is 24.8 Å². The SMILES string of the molecule is CCC(C)n1ncc(C(=O)N(C)Cc2noc(=O)[nH]2)c1C1CC1. The van der Waals surface area contributed by atoms with Crippen molar-refractivity contribution < 1.29 is 9.32 Å². The molecule has 1 aliphatic carbocycles. The van der Waals surface area contributed by atoms with Crippen molar-refractivity contribution in [3.05, 3.63) is 33.8 Å². The van der Waals surface area contributed by atoms with Gasteiger partial charge in [0.1, 0.15) is 0 Å². The van der Waals surface area contributed by atoms with Crippen LogP contribution in [0.5, 0.6) is 0 Å². The second-order valence-electron chi connectivity index (χ2n) is 6.12. The van der Waals surface area contributed by atoms with Crippen molar-refractivity contribution >= 4 is 5.91 Å². The fourth-order valence-electron chi connectivity index (χ4n) is 2.65. The topological polar surface area (TPSA) is 97.0 Å². The van der Waals surface area contributed by atoms with E-state index in [0.29, 0.717) is 17.3 Å². The molecule has 0 aromatic carbocycles. The van der Waals surface area contributed by atoms with Gasteiger partial charge >= 0.3 is 5.76 Å². The van der Waals surface area contributed by atoms with Gasteiger partial charge in [0.2, 0.25) is 0 Å². The number of amides is 1. The van der Waals surface area contributed by atoms with Gasteiger partial charge in [-0.2, -0.15) is 5.10 Å². The number of hydrogen-bond donors (Lipinski definition) is 1. The van der Waals surface area contributed by atoms with Gasteiger partial charge in [0, 0.05) is 19.0 Å². The summed E-state index contributed by atoms with van der Waals surface area (Å²) in [7, 11) is 1.67. The van der Waals surface area contributed by atoms with E-state index in [2.05, 4.69) is 33.6 Å². The van der Waals surface area contributed by atoms with Crippen LogP contribution in [-0.2, 0) is 6.54 Å². The normalized spacial score (nSPS) is 15.6. The number of carbonyl (C=O) groups is 1. The van der Waals surface area contributed by atoms with Crippen molar-refractivity contribution in [2.45, 2.75) is 51.6 Å². The quantitative estimate of drug-likeness (QED) is 0.873. The Morgan fingerprint density at radius 3 is 2.87 bits per heavy atom. The van der Waals surface area contributed by atoms with E-state index in [4.69, 9.17) is 0 Å². The van der Waals surface area contributed by atoms with Crippen LogP contribution in [0.4, 0.5) is 0 Å². The number of H-pyrrole nitrogens is 1. The third-order valence-electron chi connectivity index (χ3n) is 4.26. The van der Waals surface area contributed by atoms with Crippen molar-refractivity contribution in [2.24, 2.45) is 0 Å². The third kappa shape index (κ3) is 3.06. The summed E-state index contributed by atoms with van der Waals surface area (Å²) in [4.78, 5) is 27.7. The smallest absolute Gasteiger partial charge is 0.334 e. The number of aromatic amines is 1. The lowest BCUT2D eigenvalue weighted by atomic mass is 10.1. The second kappa shape index (κ2) is 6.02. The molecule has 8 nitrogen and oxygen atoms in total. The summed E-state index contributed by atoms with van der Waals surface area (Å²) >= 11 is 0. The summed E-state index contributed by atoms with van der Waals surface area (Å²) in [6.07, 6.45) is 4.82. The van der Waals surface area contributed by atoms with Crippen LogP contribution >= 0.6 is 0 Å². The summed E-state index contributed by atoms with van der Waals surface area (Å²) in [5.74, 6) is 0.00765. The van der Waals surface area contributed by atoms with Crippen molar-refractivity contribution in [2.75, 3.05) is 7.05 Å². The lowest BCUT2D eigenvalue weighted by Crippen LogP contribution is -2.27. The van der Waals surface area contributed by atoms with Gasteiger partial charge < -0.3 is 4.90 Å². The zero-order valence-electron chi connectivity index (χ0n) is 13.6. The molecule has 1 aliphatic rings. The van der Waals surface area contributed by atoms with E-state index in [1.54, 1.807) is 13.2 Å². The molecule has 0 spiro atoms. The number of hydrogen-bond acceptors (Lipinski definition) is 5. The van der Waals surface area contributed by atoms with Gasteiger partial charge in [-0.1, -0.05) is 12.1 Å². The van der Waals surface area contributed by atoms with Gasteiger partial charge in [0.25, 0.3) is 5.91 Å². The van der Waals surface area contributed by atoms with Crippen LogP contribution in [0.25, 0.3) is 0 Å². The highest BCUT2D eigenvalue weighted by atomic mass is 16.5. The number of aromatic nitrogens is 4. The van der Waals surface area contributed by atoms with Gasteiger partial charge in [0.05, 0.1) is 24.0 Å². The van der Waals surface area contributed by atoms with Crippen molar-refractivity contribution in [1.29, 1.82) is 0 Å². The maximum atomic E-state index is 12.8. The van der Waals surface area contributed by atoms with Crippen LogP contribution in [0.2, 0.25) is 0 Å². The van der Waals surface area contributed by atoms with Gasteiger partial charge in [-0.25, -0.2) is 4.79 Å². The van der Waals surface area contributed by atoms with Crippen molar-refractivity contribution in [3.8, 4) is 0 Å². The van der Waals surface area contributed by atoms with E-state index in [1.807, 2.05) is 4.68 Å². The molecule has 0 saturated heterocycles. The number of nitrogens with zero attached hydrogens (tertiary/aromatic N) is 4. The molecular formula is C15H21N5O3. The van der Waals surface area contributed by atoms with Crippen LogP contribution in [0.15, 0.2) is 15.5 Å². The summed E-state index contributed by atoms with van der Waals surface area (Å²) in [6.45, 7) is 4.40. The molecule has 1 fully saturated rings. The lowest BCUT2D eigenvalue weighted by Gasteiger charge is -2.17. The third-order valence-corrected chi connectivity index (χ3v) is 4.26. The highest BCUT2D eigenvalue weighted by molar-refractivity contribution is 5.95. The van der Waals surface area contributed by atoms with E-state index in [9.17, 15) is 9.59 Å². The molecule has 0 radical (unpaired) electrons. The standard InChI is InChI=1S/C15H21N5O3/c1-4-9(2)20-13(10-5-6-10)11(7-16-20)14(21)19(3)8-12-17-15(22)23-18-12/h7,9-10H,4-6,8H2,1-3H3,(H,17,18,22). The van der Waals surface area contributed by atoms with E-state index in [1.165, 1.54) is 4.90 Å². The first-order valence-electron chi connectivity index (χ1n) is 7.89. The summed E-state index contributed by atoms with van der Waals surface area (Å²) in [6, 6.07) is 0.268. The first kappa shape index (κ1) is 15.5. The van der Waals surface area contributed by atoms with Crippen molar-refractivity contribution in [3.63, 3.8) is 0 Å². The zero-order valence-corrected chi connectivity index (χ0v) is 13.6. The first-order valence-corrected chi connectivity index (χ1v) is 7.89. The Morgan fingerprint density at radius 1 is 1.57 bits per heavy atom. The van der Waals surface area contributed by atoms with E-state index in [-0.39, 0.29) is 18.5 Å². The van der Waals surface area contributed by atoms with Gasteiger partial charge in [0.15, 0.2) is 5.82 Å². The van der Waals surface area contributed by atoms with Crippen LogP contribution in [-0.4, -0.2) is 37.8 Å². The average Bonchev–Trinajstić information content (AvgIpc) is 3.15. The summed E-state index contributed by atoms with van der Waals surface area (Å²) in [5.41, 5.74) is 1.67. The molecule has 2 heterocycles. The Balaban J connectivity index is 1.84. The fourth-order valence-corrected chi connectivity index (χ4v) is 2.65. The van der Waals surface area contributed by atoms with E-state index in [0.717, 1.165) is 25.0 Å². The maximum Gasteiger partial charge on any atom is 0.438 e. The number of nitrogens with one attached hydrogen (secondary N) is 1. The van der Waals surface area contributed by atoms with Gasteiger partial charge in [-0.15, -0.1) is 0 Å². The molecule has 0 aliphatic heterocycles. The minimum absolute atomic E-state index is 0.120. The van der Waals surface area contributed by atoms with Crippen LogP contribution < -0.4 is 5.76 Å². The largest absolute Gasteiger partial charge is 0.438 e. The molecule has 1 amide bonds. The fraction of sp³-hybridized carbons (Fsp3) is 0.600. The Labute approximate surface area is 133 Å². The lowest BCUT2D eigenvalue weighted by molar-refractivity contribution is 0.0779. The molecule has 3 rings (SSSR count). The van der Waals surface area contributed by atoms with Crippen LogP contribution in [0.3, 0.4) is 0 Å². The number of rotatable bonds is 6. The molecule has 2 aromatic heterocycles. The Kier molecular flexibility index (Phi) is 4.06. The number of carbonyl (C=O) groups excluding carboxylic acids is 1. The summed E-state index contributed by atoms with van der Waals surface area (Å²) in [5, 5.41) is 8.03. The predicted octanol–water partition coefficient (Wildman–Crippen LogP) is 1.68. The Hall–Kier alpha value is -2.38. The molecule has 1 saturated carbocycles. The molecule has 124 valence electrons. The van der Waals surface area contributed by atoms with Gasteiger partial charge in [-0.3, -0.25) is 19.0 Å². The molecule has 2 aromatic rings.